The highest BCUT2D eigenvalue weighted by Crippen LogP contribution is 2.37. The quantitative estimate of drug-likeness (QED) is 0.874. The Kier molecular flexibility index (Phi) is 5.46. The van der Waals surface area contributed by atoms with Gasteiger partial charge in [-0.1, -0.05) is 48.9 Å². The number of hydrogen-bond donors (Lipinski definition) is 1. The van der Waals surface area contributed by atoms with Crippen LogP contribution in [0.2, 0.25) is 0 Å². The highest BCUT2D eigenvalue weighted by atomic mass is 16.1. The van der Waals surface area contributed by atoms with Gasteiger partial charge in [-0.3, -0.25) is 14.7 Å². The molecular weight excluding hydrogens is 298 g/mol. The molecule has 4 nitrogen and oxygen atoms in total. The lowest BCUT2D eigenvalue weighted by Crippen LogP contribution is -2.40. The molecule has 128 valence electrons. The Morgan fingerprint density at radius 2 is 2.00 bits per heavy atom. The van der Waals surface area contributed by atoms with E-state index in [1.807, 2.05) is 0 Å². The topological polar surface area (TPSA) is 58.7 Å². The number of carbonyl (C=O) groups is 1. The van der Waals surface area contributed by atoms with E-state index < -0.39 is 0 Å². The number of carbonyl (C=O) groups excluding carboxylic acids is 1. The molecule has 1 heterocycles. The van der Waals surface area contributed by atoms with Crippen molar-refractivity contribution in [3.8, 4) is 0 Å². The molecule has 1 saturated heterocycles. The van der Waals surface area contributed by atoms with Gasteiger partial charge in [-0.25, -0.2) is 0 Å². The Bertz CT molecular complexity index is 628. The van der Waals surface area contributed by atoms with Crippen molar-refractivity contribution in [3.05, 3.63) is 41.5 Å². The molecule has 2 aliphatic rings. The third-order valence-corrected chi connectivity index (χ3v) is 4.95. The van der Waals surface area contributed by atoms with Crippen molar-refractivity contribution in [2.75, 3.05) is 19.6 Å². The zero-order valence-electron chi connectivity index (χ0n) is 14.4. The van der Waals surface area contributed by atoms with Crippen LogP contribution in [0.25, 0.3) is 6.08 Å². The summed E-state index contributed by atoms with van der Waals surface area (Å²) < 4.78 is 0. The molecule has 1 aromatic rings. The summed E-state index contributed by atoms with van der Waals surface area (Å²) in [6, 6.07) is 11.0. The molecular formula is C20H27N3O. The Balaban J connectivity index is 1.55. The Morgan fingerprint density at radius 3 is 2.62 bits per heavy atom. The molecule has 1 aliphatic heterocycles. The van der Waals surface area contributed by atoms with E-state index in [0.717, 1.165) is 38.8 Å². The summed E-state index contributed by atoms with van der Waals surface area (Å²) in [6.45, 7) is 4.46. The number of allylic oxidation sites excluding steroid dienone is 1. The summed E-state index contributed by atoms with van der Waals surface area (Å²) in [7, 11) is 0. The van der Waals surface area contributed by atoms with Crippen molar-refractivity contribution in [1.29, 1.82) is 0 Å². The first kappa shape index (κ1) is 16.9. The lowest BCUT2D eigenvalue weighted by Gasteiger charge is -2.28. The van der Waals surface area contributed by atoms with Crippen LogP contribution in [0.4, 0.5) is 0 Å². The Morgan fingerprint density at radius 1 is 1.29 bits per heavy atom. The minimum absolute atomic E-state index is 0.236. The van der Waals surface area contributed by atoms with Gasteiger partial charge in [-0.2, -0.15) is 0 Å². The standard InChI is InChI=1S/C20H27N3O/c1-2-16(12-15-6-4-3-5-7-15)18-13-19(18)22-17-8-10-23(11-9-17)14-20(21)24/h3-7,12,17-18H,2,8-11,13-14H2,1H3,(H2,21,24)/b16-12+,22-19?/t18-/m0/s1. The highest BCUT2D eigenvalue weighted by molar-refractivity contribution is 6.04. The van der Waals surface area contributed by atoms with Gasteiger partial charge in [-0.05, 0) is 31.2 Å². The monoisotopic (exact) mass is 325 g/mol. The molecule has 3 rings (SSSR count). The molecule has 1 amide bonds. The molecule has 4 heteroatoms. The number of primary amides is 1. The van der Waals surface area contributed by atoms with Crippen LogP contribution in [-0.4, -0.2) is 42.2 Å². The lowest BCUT2D eigenvalue weighted by atomic mass is 10.0. The largest absolute Gasteiger partial charge is 0.369 e. The zero-order valence-corrected chi connectivity index (χ0v) is 14.4. The predicted molar refractivity (Wildman–Crippen MR) is 98.9 cm³/mol. The summed E-state index contributed by atoms with van der Waals surface area (Å²) in [4.78, 5) is 18.1. The van der Waals surface area contributed by atoms with E-state index in [0.29, 0.717) is 18.5 Å². The fourth-order valence-electron chi connectivity index (χ4n) is 3.51. The number of likely N-dealkylation sites (tertiary alicyclic amines) is 1. The average molecular weight is 325 g/mol. The summed E-state index contributed by atoms with van der Waals surface area (Å²) in [5.74, 6) is 0.319. The molecule has 24 heavy (non-hydrogen) atoms. The van der Waals surface area contributed by atoms with Crippen LogP contribution in [0.15, 0.2) is 40.9 Å². The fraction of sp³-hybridized carbons (Fsp3) is 0.500. The average Bonchev–Trinajstić information content (AvgIpc) is 3.34. The SMILES string of the molecule is CC/C(=C\c1ccccc1)[C@@H]1CC1=NC1CCN(CC(N)=O)CC1. The van der Waals surface area contributed by atoms with Crippen LogP contribution in [0, 0.1) is 5.92 Å². The molecule has 0 unspecified atom stereocenters. The van der Waals surface area contributed by atoms with Crippen molar-refractivity contribution in [3.63, 3.8) is 0 Å². The Labute approximate surface area is 144 Å². The minimum atomic E-state index is -0.236. The molecule has 1 saturated carbocycles. The van der Waals surface area contributed by atoms with E-state index in [1.165, 1.54) is 16.8 Å². The van der Waals surface area contributed by atoms with Gasteiger partial charge < -0.3 is 5.73 Å². The summed E-state index contributed by atoms with van der Waals surface area (Å²) in [5.41, 5.74) is 9.40. The molecule has 1 aliphatic carbocycles. The van der Waals surface area contributed by atoms with Crippen molar-refractivity contribution in [2.24, 2.45) is 16.6 Å². The first-order valence-electron chi connectivity index (χ1n) is 8.98. The van der Waals surface area contributed by atoms with E-state index in [4.69, 9.17) is 10.7 Å². The molecule has 0 radical (unpaired) electrons. The normalized spacial score (nSPS) is 24.3. The molecule has 0 spiro atoms. The van der Waals surface area contributed by atoms with E-state index in [1.54, 1.807) is 0 Å². The van der Waals surface area contributed by atoms with Gasteiger partial charge in [0.05, 0.1) is 12.6 Å². The second-order valence-corrected chi connectivity index (χ2v) is 6.83. The molecule has 2 N–H and O–H groups in total. The van der Waals surface area contributed by atoms with Crippen LogP contribution < -0.4 is 5.73 Å². The number of nitrogens with zero attached hydrogens (tertiary/aromatic N) is 2. The number of aliphatic imine (C=N–C) groups is 1. The van der Waals surface area contributed by atoms with Crippen LogP contribution in [0.5, 0.6) is 0 Å². The third kappa shape index (κ3) is 4.54. The number of piperidine rings is 1. The molecule has 2 fully saturated rings. The van der Waals surface area contributed by atoms with E-state index in [-0.39, 0.29) is 5.91 Å². The molecule has 0 bridgehead atoms. The maximum Gasteiger partial charge on any atom is 0.231 e. The second-order valence-electron chi connectivity index (χ2n) is 6.83. The van der Waals surface area contributed by atoms with Gasteiger partial charge in [0, 0.05) is 24.7 Å². The number of rotatable bonds is 6. The summed E-state index contributed by atoms with van der Waals surface area (Å²) in [5, 5.41) is 0. The van der Waals surface area contributed by atoms with Gasteiger partial charge in [0.15, 0.2) is 0 Å². The number of amides is 1. The van der Waals surface area contributed by atoms with E-state index >= 15 is 0 Å². The summed E-state index contributed by atoms with van der Waals surface area (Å²) in [6.07, 6.45) is 6.59. The van der Waals surface area contributed by atoms with Crippen LogP contribution >= 0.6 is 0 Å². The maximum atomic E-state index is 11.0. The summed E-state index contributed by atoms with van der Waals surface area (Å²) >= 11 is 0. The van der Waals surface area contributed by atoms with Gasteiger partial charge in [0.25, 0.3) is 0 Å². The predicted octanol–water partition coefficient (Wildman–Crippen LogP) is 2.89. The molecule has 1 atom stereocenters. The van der Waals surface area contributed by atoms with Gasteiger partial charge in [0.2, 0.25) is 5.91 Å². The molecule has 1 aromatic carbocycles. The van der Waals surface area contributed by atoms with E-state index in [2.05, 4.69) is 48.2 Å². The van der Waals surface area contributed by atoms with Gasteiger partial charge in [-0.15, -0.1) is 0 Å². The van der Waals surface area contributed by atoms with Crippen LogP contribution in [0.3, 0.4) is 0 Å². The van der Waals surface area contributed by atoms with Gasteiger partial charge in [0.1, 0.15) is 0 Å². The van der Waals surface area contributed by atoms with Crippen molar-refractivity contribution in [2.45, 2.75) is 38.6 Å². The second kappa shape index (κ2) is 7.75. The van der Waals surface area contributed by atoms with Crippen molar-refractivity contribution >= 4 is 17.7 Å². The number of benzene rings is 1. The minimum Gasteiger partial charge on any atom is -0.369 e. The maximum absolute atomic E-state index is 11.0. The van der Waals surface area contributed by atoms with E-state index in [9.17, 15) is 4.79 Å². The van der Waals surface area contributed by atoms with Crippen LogP contribution in [0.1, 0.15) is 38.2 Å². The van der Waals surface area contributed by atoms with Gasteiger partial charge >= 0.3 is 0 Å². The lowest BCUT2D eigenvalue weighted by molar-refractivity contribution is -0.119. The number of hydrogen-bond acceptors (Lipinski definition) is 3. The Hall–Kier alpha value is -1.94. The zero-order chi connectivity index (χ0) is 16.9. The first-order valence-corrected chi connectivity index (χ1v) is 8.98. The van der Waals surface area contributed by atoms with Crippen LogP contribution in [-0.2, 0) is 4.79 Å². The third-order valence-electron chi connectivity index (χ3n) is 4.95. The highest BCUT2D eigenvalue weighted by Gasteiger charge is 2.35. The smallest absolute Gasteiger partial charge is 0.231 e. The number of nitrogens with two attached hydrogens (primary N) is 1. The van der Waals surface area contributed by atoms with Crippen molar-refractivity contribution < 1.29 is 4.79 Å². The first-order chi connectivity index (χ1) is 11.7. The molecule has 0 aromatic heterocycles. The fourth-order valence-corrected chi connectivity index (χ4v) is 3.51. The van der Waals surface area contributed by atoms with Crippen molar-refractivity contribution in [1.82, 2.24) is 4.90 Å².